The molecule has 1 amide bonds. The molecule has 0 aliphatic heterocycles. The van der Waals surface area contributed by atoms with Crippen molar-refractivity contribution in [2.24, 2.45) is 0 Å². The summed E-state index contributed by atoms with van der Waals surface area (Å²) < 4.78 is 28.1. The maximum Gasteiger partial charge on any atom is 0.263 e. The van der Waals surface area contributed by atoms with Crippen LogP contribution in [0.2, 0.25) is 5.02 Å². The number of sulfonamides is 1. The molecule has 0 fully saturated rings. The number of allylic oxidation sites excluding steroid dienone is 1. The minimum absolute atomic E-state index is 0.0618. The van der Waals surface area contributed by atoms with Crippen LogP contribution in [0.4, 0.5) is 5.69 Å². The average Bonchev–Trinajstić information content (AvgIpc) is 2.67. The Morgan fingerprint density at radius 2 is 1.96 bits per heavy atom. The molecule has 0 heterocycles. The van der Waals surface area contributed by atoms with Crippen LogP contribution in [0.25, 0.3) is 0 Å². The molecule has 28 heavy (non-hydrogen) atoms. The van der Waals surface area contributed by atoms with Gasteiger partial charge in [0.2, 0.25) is 0 Å². The number of benzene rings is 2. The number of hydrogen-bond donors (Lipinski definition) is 2. The molecule has 0 aromatic heterocycles. The molecule has 0 saturated heterocycles. The van der Waals surface area contributed by atoms with E-state index in [0.717, 1.165) is 24.8 Å². The smallest absolute Gasteiger partial charge is 0.263 e. The molecule has 0 spiro atoms. The van der Waals surface area contributed by atoms with Crippen molar-refractivity contribution in [1.29, 1.82) is 0 Å². The molecule has 0 radical (unpaired) electrons. The zero-order valence-electron chi connectivity index (χ0n) is 15.7. The minimum atomic E-state index is -3.93. The SMILES string of the molecule is Cc1cccc(NS(=O)(=O)c2cc(C(=O)NCC3=CCCCC3)ccc2Cl)c1. The van der Waals surface area contributed by atoms with Gasteiger partial charge in [-0.3, -0.25) is 9.52 Å². The first kappa shape index (κ1) is 20.4. The molecule has 0 saturated carbocycles. The largest absolute Gasteiger partial charge is 0.348 e. The molecule has 0 unspecified atom stereocenters. The normalized spacial score (nSPS) is 14.3. The number of hydrogen-bond acceptors (Lipinski definition) is 3. The molecule has 0 bridgehead atoms. The van der Waals surface area contributed by atoms with Gasteiger partial charge in [-0.2, -0.15) is 0 Å². The average molecular weight is 419 g/mol. The van der Waals surface area contributed by atoms with Crippen LogP contribution in [0.3, 0.4) is 0 Å². The Labute approximate surface area is 170 Å². The van der Waals surface area contributed by atoms with Crippen molar-refractivity contribution < 1.29 is 13.2 Å². The Morgan fingerprint density at radius 1 is 1.14 bits per heavy atom. The van der Waals surface area contributed by atoms with Crippen molar-refractivity contribution in [2.45, 2.75) is 37.5 Å². The fourth-order valence-electron chi connectivity index (χ4n) is 3.13. The molecule has 2 aromatic carbocycles. The van der Waals surface area contributed by atoms with Crippen LogP contribution in [-0.2, 0) is 10.0 Å². The van der Waals surface area contributed by atoms with Crippen molar-refractivity contribution in [2.75, 3.05) is 11.3 Å². The van der Waals surface area contributed by atoms with E-state index in [0.29, 0.717) is 12.2 Å². The van der Waals surface area contributed by atoms with Gasteiger partial charge in [0.15, 0.2) is 0 Å². The van der Waals surface area contributed by atoms with Gasteiger partial charge in [-0.15, -0.1) is 0 Å². The summed E-state index contributed by atoms with van der Waals surface area (Å²) in [6.07, 6.45) is 6.51. The monoisotopic (exact) mass is 418 g/mol. The summed E-state index contributed by atoms with van der Waals surface area (Å²) in [5, 5.41) is 2.92. The highest BCUT2D eigenvalue weighted by molar-refractivity contribution is 7.92. The molecular formula is C21H23ClN2O3S. The summed E-state index contributed by atoms with van der Waals surface area (Å²) in [5.74, 6) is -0.324. The lowest BCUT2D eigenvalue weighted by Crippen LogP contribution is -2.26. The van der Waals surface area contributed by atoms with Gasteiger partial charge in [-0.1, -0.05) is 35.4 Å². The molecule has 1 aliphatic rings. The number of anilines is 1. The van der Waals surface area contributed by atoms with Crippen molar-refractivity contribution in [3.63, 3.8) is 0 Å². The van der Waals surface area contributed by atoms with E-state index in [1.54, 1.807) is 18.2 Å². The predicted octanol–water partition coefficient (Wildman–Crippen LogP) is 4.68. The lowest BCUT2D eigenvalue weighted by molar-refractivity contribution is 0.0956. The van der Waals surface area contributed by atoms with Gasteiger partial charge >= 0.3 is 0 Å². The molecule has 5 nitrogen and oxygen atoms in total. The van der Waals surface area contributed by atoms with Crippen LogP contribution < -0.4 is 10.0 Å². The van der Waals surface area contributed by atoms with Crippen LogP contribution in [-0.4, -0.2) is 20.9 Å². The fourth-order valence-corrected chi connectivity index (χ4v) is 4.71. The number of rotatable bonds is 6. The lowest BCUT2D eigenvalue weighted by Gasteiger charge is -2.14. The van der Waals surface area contributed by atoms with Gasteiger partial charge in [0.25, 0.3) is 15.9 Å². The van der Waals surface area contributed by atoms with Crippen LogP contribution in [0.15, 0.2) is 59.0 Å². The summed E-state index contributed by atoms with van der Waals surface area (Å²) in [5.41, 5.74) is 2.83. The molecule has 3 rings (SSSR count). The van der Waals surface area contributed by atoms with Gasteiger partial charge in [0.05, 0.1) is 5.02 Å². The first-order valence-electron chi connectivity index (χ1n) is 9.20. The first-order chi connectivity index (χ1) is 13.3. The van der Waals surface area contributed by atoms with Crippen molar-refractivity contribution in [1.82, 2.24) is 5.32 Å². The topological polar surface area (TPSA) is 75.3 Å². The maximum atomic E-state index is 12.8. The predicted molar refractivity (Wildman–Crippen MR) is 112 cm³/mol. The first-order valence-corrected chi connectivity index (χ1v) is 11.1. The van der Waals surface area contributed by atoms with E-state index in [1.165, 1.54) is 30.2 Å². The van der Waals surface area contributed by atoms with Crippen molar-refractivity contribution in [3.05, 3.63) is 70.3 Å². The zero-order valence-corrected chi connectivity index (χ0v) is 17.2. The third kappa shape index (κ3) is 5.14. The van der Waals surface area contributed by atoms with E-state index in [2.05, 4.69) is 16.1 Å². The zero-order chi connectivity index (χ0) is 20.1. The van der Waals surface area contributed by atoms with E-state index >= 15 is 0 Å². The number of amides is 1. The molecule has 2 aromatic rings. The minimum Gasteiger partial charge on any atom is -0.348 e. The Morgan fingerprint density at radius 3 is 2.68 bits per heavy atom. The fraction of sp³-hybridized carbons (Fsp3) is 0.286. The van der Waals surface area contributed by atoms with Gasteiger partial charge in [0, 0.05) is 17.8 Å². The number of aryl methyl sites for hydroxylation is 1. The maximum absolute atomic E-state index is 12.8. The van der Waals surface area contributed by atoms with E-state index in [1.807, 2.05) is 13.0 Å². The van der Waals surface area contributed by atoms with Crippen LogP contribution >= 0.6 is 11.6 Å². The molecular weight excluding hydrogens is 396 g/mol. The summed E-state index contributed by atoms with van der Waals surface area (Å²) >= 11 is 6.12. The molecule has 0 atom stereocenters. The molecule has 1 aliphatic carbocycles. The third-order valence-corrected chi connectivity index (χ3v) is 6.48. The second-order valence-electron chi connectivity index (χ2n) is 6.91. The summed E-state index contributed by atoms with van der Waals surface area (Å²) in [6, 6.07) is 11.3. The second kappa shape index (κ2) is 8.80. The Hall–Kier alpha value is -2.31. The summed E-state index contributed by atoms with van der Waals surface area (Å²) in [7, 11) is -3.93. The van der Waals surface area contributed by atoms with Crippen LogP contribution in [0.5, 0.6) is 0 Å². The van der Waals surface area contributed by atoms with Gasteiger partial charge in [0.1, 0.15) is 4.90 Å². The van der Waals surface area contributed by atoms with Gasteiger partial charge in [-0.05, 0) is 68.5 Å². The van der Waals surface area contributed by atoms with Crippen LogP contribution in [0, 0.1) is 6.92 Å². The summed E-state index contributed by atoms with van der Waals surface area (Å²) in [6.45, 7) is 2.35. The van der Waals surface area contributed by atoms with E-state index in [4.69, 9.17) is 11.6 Å². The second-order valence-corrected chi connectivity index (χ2v) is 8.97. The highest BCUT2D eigenvalue weighted by Crippen LogP contribution is 2.25. The summed E-state index contributed by atoms with van der Waals surface area (Å²) in [4.78, 5) is 12.4. The number of nitrogens with one attached hydrogen (secondary N) is 2. The van der Waals surface area contributed by atoms with E-state index < -0.39 is 10.0 Å². The number of halogens is 1. The van der Waals surface area contributed by atoms with Gasteiger partial charge < -0.3 is 5.32 Å². The Balaban J connectivity index is 1.78. The van der Waals surface area contributed by atoms with E-state index in [-0.39, 0.29) is 21.4 Å². The Kier molecular flexibility index (Phi) is 6.42. The quantitative estimate of drug-likeness (QED) is 0.669. The Bertz CT molecular complexity index is 1020. The molecule has 2 N–H and O–H groups in total. The number of carbonyl (C=O) groups excluding carboxylic acids is 1. The highest BCUT2D eigenvalue weighted by atomic mass is 35.5. The van der Waals surface area contributed by atoms with Crippen molar-refractivity contribution >= 4 is 33.2 Å². The van der Waals surface area contributed by atoms with Crippen LogP contribution in [0.1, 0.15) is 41.6 Å². The lowest BCUT2D eigenvalue weighted by atomic mass is 9.99. The van der Waals surface area contributed by atoms with Crippen molar-refractivity contribution in [3.8, 4) is 0 Å². The third-order valence-electron chi connectivity index (χ3n) is 4.61. The standard InChI is InChI=1S/C21H23ClN2O3S/c1-15-6-5-9-18(12-15)24-28(26,27)20-13-17(10-11-19(20)22)21(25)23-14-16-7-3-2-4-8-16/h5-7,9-13,24H,2-4,8,14H2,1H3,(H,23,25). The molecule has 7 heteroatoms. The van der Waals surface area contributed by atoms with Gasteiger partial charge in [-0.25, -0.2) is 8.42 Å². The number of carbonyl (C=O) groups is 1. The van der Waals surface area contributed by atoms with E-state index in [9.17, 15) is 13.2 Å². The molecule has 148 valence electrons. The highest BCUT2D eigenvalue weighted by Gasteiger charge is 2.20.